The minimum absolute atomic E-state index is 0.0124. The summed E-state index contributed by atoms with van der Waals surface area (Å²) >= 11 is 0. The summed E-state index contributed by atoms with van der Waals surface area (Å²) in [6.07, 6.45) is 2.50. The van der Waals surface area contributed by atoms with Crippen molar-refractivity contribution in [1.82, 2.24) is 4.68 Å². The fourth-order valence-electron chi connectivity index (χ4n) is 2.43. The molecule has 1 aromatic carbocycles. The van der Waals surface area contributed by atoms with Gasteiger partial charge in [0.2, 0.25) is 0 Å². The highest BCUT2D eigenvalue weighted by Gasteiger charge is 2.12. The van der Waals surface area contributed by atoms with Gasteiger partial charge >= 0.3 is 5.97 Å². The molecule has 23 heavy (non-hydrogen) atoms. The van der Waals surface area contributed by atoms with Crippen molar-refractivity contribution >= 4 is 5.97 Å². The van der Waals surface area contributed by atoms with E-state index in [0.29, 0.717) is 12.1 Å². The minimum atomic E-state index is -0.414. The van der Waals surface area contributed by atoms with Gasteiger partial charge in [-0.15, -0.1) is 0 Å². The molecule has 1 heterocycles. The predicted molar refractivity (Wildman–Crippen MR) is 90.3 cm³/mol. The lowest BCUT2D eigenvalue weighted by Crippen LogP contribution is -2.33. The summed E-state index contributed by atoms with van der Waals surface area (Å²) in [5, 5.41) is 0. The zero-order valence-corrected chi connectivity index (χ0v) is 13.8. The van der Waals surface area contributed by atoms with Crippen LogP contribution < -0.4 is 11.0 Å². The van der Waals surface area contributed by atoms with Crippen LogP contribution in [0, 0.1) is 13.8 Å². The lowest BCUT2D eigenvalue weighted by Gasteiger charge is -2.13. The molecule has 0 bridgehead atoms. The van der Waals surface area contributed by atoms with E-state index in [2.05, 4.69) is 29.2 Å². The number of nitrogens with zero attached hydrogens (tertiary/aromatic N) is 1. The fourth-order valence-corrected chi connectivity index (χ4v) is 2.43. The Bertz CT molecular complexity index is 750. The molecule has 0 saturated heterocycles. The number of aromatic nitrogens is 1. The molecular formula is C18H22N2O3. The van der Waals surface area contributed by atoms with Gasteiger partial charge in [-0.2, -0.15) is 0 Å². The molecule has 0 aliphatic carbocycles. The van der Waals surface area contributed by atoms with Crippen LogP contribution in [0.25, 0.3) is 0 Å². The van der Waals surface area contributed by atoms with Gasteiger partial charge in [-0.25, -0.2) is 4.68 Å². The Kier molecular flexibility index (Phi) is 5.57. The zero-order valence-electron chi connectivity index (χ0n) is 13.8. The normalized spacial score (nSPS) is 10.4. The molecular weight excluding hydrogens is 292 g/mol. The Morgan fingerprint density at radius 1 is 1.17 bits per heavy atom. The number of ether oxygens (including phenoxy) is 1. The van der Waals surface area contributed by atoms with E-state index in [0.717, 1.165) is 12.0 Å². The average Bonchev–Trinajstić information content (AvgIpc) is 2.55. The van der Waals surface area contributed by atoms with E-state index in [-0.39, 0.29) is 12.0 Å². The number of carbonyl (C=O) groups is 1. The second-order valence-corrected chi connectivity index (χ2v) is 5.49. The van der Waals surface area contributed by atoms with Crippen molar-refractivity contribution in [3.8, 4) is 0 Å². The first-order valence-electron chi connectivity index (χ1n) is 7.59. The van der Waals surface area contributed by atoms with E-state index in [1.54, 1.807) is 6.20 Å². The van der Waals surface area contributed by atoms with Crippen LogP contribution in [0.4, 0.5) is 0 Å². The second kappa shape index (κ2) is 7.63. The number of carbonyl (C=O) groups excluding carboxylic acids is 1. The Labute approximate surface area is 135 Å². The van der Waals surface area contributed by atoms with Crippen molar-refractivity contribution in [1.29, 1.82) is 0 Å². The highest BCUT2D eigenvalue weighted by atomic mass is 16.5. The predicted octanol–water partition coefficient (Wildman–Crippen LogP) is 1.97. The van der Waals surface area contributed by atoms with Gasteiger partial charge in [0.1, 0.15) is 0 Å². The molecule has 0 fully saturated rings. The van der Waals surface area contributed by atoms with Crippen molar-refractivity contribution in [2.24, 2.45) is 0 Å². The number of hydrogen-bond acceptors (Lipinski definition) is 4. The van der Waals surface area contributed by atoms with E-state index in [1.807, 2.05) is 25.1 Å². The molecule has 1 aromatic heterocycles. The quantitative estimate of drug-likeness (QED) is 0.828. The van der Waals surface area contributed by atoms with Crippen LogP contribution in [0.1, 0.15) is 22.3 Å². The van der Waals surface area contributed by atoms with Gasteiger partial charge in [0.15, 0.2) is 0 Å². The molecule has 0 amide bonds. The van der Waals surface area contributed by atoms with Crippen LogP contribution in [0.3, 0.4) is 0 Å². The Balaban J connectivity index is 2.09. The maximum absolute atomic E-state index is 12.4. The van der Waals surface area contributed by atoms with Crippen LogP contribution in [-0.2, 0) is 22.4 Å². The first kappa shape index (κ1) is 16.8. The van der Waals surface area contributed by atoms with Crippen molar-refractivity contribution < 1.29 is 9.53 Å². The largest absolute Gasteiger partial charge is 0.469 e. The standard InChI is InChI=1S/C18H22N2O3/c1-13-6-4-5-7-15(13)8-10-19-20-11-9-14(2)16(18(20)22)12-17(21)23-3/h4-7,9,11,19H,8,10,12H2,1-3H3. The lowest BCUT2D eigenvalue weighted by molar-refractivity contribution is -0.139. The average molecular weight is 314 g/mol. The summed E-state index contributed by atoms with van der Waals surface area (Å²) in [4.78, 5) is 23.9. The van der Waals surface area contributed by atoms with Crippen LogP contribution in [-0.4, -0.2) is 24.3 Å². The van der Waals surface area contributed by atoms with Crippen molar-refractivity contribution in [2.75, 3.05) is 19.1 Å². The minimum Gasteiger partial charge on any atom is -0.469 e. The molecule has 122 valence electrons. The molecule has 0 radical (unpaired) electrons. The summed E-state index contributed by atoms with van der Waals surface area (Å²) in [5.74, 6) is -0.414. The van der Waals surface area contributed by atoms with Gasteiger partial charge in [-0.05, 0) is 43.0 Å². The number of esters is 1. The Hall–Kier alpha value is -2.56. The van der Waals surface area contributed by atoms with Crippen LogP contribution in [0.15, 0.2) is 41.3 Å². The highest BCUT2D eigenvalue weighted by molar-refractivity contribution is 5.72. The summed E-state index contributed by atoms with van der Waals surface area (Å²) in [6.45, 7) is 4.52. The Morgan fingerprint density at radius 2 is 1.91 bits per heavy atom. The van der Waals surface area contributed by atoms with Crippen LogP contribution in [0.2, 0.25) is 0 Å². The molecule has 5 nitrogen and oxygen atoms in total. The molecule has 0 atom stereocenters. The monoisotopic (exact) mass is 314 g/mol. The van der Waals surface area contributed by atoms with Crippen LogP contribution >= 0.6 is 0 Å². The molecule has 0 spiro atoms. The van der Waals surface area contributed by atoms with Crippen molar-refractivity contribution in [3.63, 3.8) is 0 Å². The van der Waals surface area contributed by atoms with Gasteiger partial charge in [-0.1, -0.05) is 24.3 Å². The molecule has 2 aromatic rings. The van der Waals surface area contributed by atoms with Gasteiger partial charge in [0, 0.05) is 18.3 Å². The third kappa shape index (κ3) is 4.22. The maximum Gasteiger partial charge on any atom is 0.310 e. The summed E-state index contributed by atoms with van der Waals surface area (Å²) in [7, 11) is 1.32. The lowest BCUT2D eigenvalue weighted by atomic mass is 10.1. The highest BCUT2D eigenvalue weighted by Crippen LogP contribution is 2.07. The number of nitrogens with one attached hydrogen (secondary N) is 1. The summed E-state index contributed by atoms with van der Waals surface area (Å²) in [5.41, 5.74) is 6.62. The number of hydrogen-bond donors (Lipinski definition) is 1. The molecule has 2 rings (SSSR count). The van der Waals surface area contributed by atoms with Crippen LogP contribution in [0.5, 0.6) is 0 Å². The van der Waals surface area contributed by atoms with E-state index in [9.17, 15) is 9.59 Å². The smallest absolute Gasteiger partial charge is 0.310 e. The van der Waals surface area contributed by atoms with E-state index >= 15 is 0 Å². The number of aryl methyl sites for hydroxylation is 2. The third-order valence-electron chi connectivity index (χ3n) is 3.91. The van der Waals surface area contributed by atoms with Gasteiger partial charge in [0.05, 0.1) is 13.5 Å². The number of rotatable bonds is 6. The molecule has 0 saturated carbocycles. The fraction of sp³-hybridized carbons (Fsp3) is 0.333. The molecule has 0 aliphatic rings. The summed E-state index contributed by atoms with van der Waals surface area (Å²) < 4.78 is 6.08. The SMILES string of the molecule is COC(=O)Cc1c(C)ccn(NCCc2ccccc2C)c1=O. The molecule has 1 N–H and O–H groups in total. The molecule has 0 unspecified atom stereocenters. The number of pyridine rings is 1. The topological polar surface area (TPSA) is 60.3 Å². The Morgan fingerprint density at radius 3 is 2.61 bits per heavy atom. The number of methoxy groups -OCH3 is 1. The van der Waals surface area contributed by atoms with Gasteiger partial charge in [-0.3, -0.25) is 9.59 Å². The number of benzene rings is 1. The third-order valence-corrected chi connectivity index (χ3v) is 3.91. The molecule has 0 aliphatic heterocycles. The van der Waals surface area contributed by atoms with Gasteiger partial charge < -0.3 is 10.2 Å². The van der Waals surface area contributed by atoms with E-state index < -0.39 is 5.97 Å². The first-order chi connectivity index (χ1) is 11.0. The zero-order chi connectivity index (χ0) is 16.8. The van der Waals surface area contributed by atoms with E-state index in [4.69, 9.17) is 0 Å². The van der Waals surface area contributed by atoms with E-state index in [1.165, 1.54) is 22.9 Å². The molecule has 5 heteroatoms. The van der Waals surface area contributed by atoms with Crippen molar-refractivity contribution in [3.05, 3.63) is 69.1 Å². The maximum atomic E-state index is 12.4. The summed E-state index contributed by atoms with van der Waals surface area (Å²) in [6, 6.07) is 9.99. The second-order valence-electron chi connectivity index (χ2n) is 5.49. The van der Waals surface area contributed by atoms with Gasteiger partial charge in [0.25, 0.3) is 5.56 Å². The van der Waals surface area contributed by atoms with Crippen molar-refractivity contribution in [2.45, 2.75) is 26.7 Å². The first-order valence-corrected chi connectivity index (χ1v) is 7.59.